The first-order chi connectivity index (χ1) is 8.89. The molecule has 0 bridgehead atoms. The van der Waals surface area contributed by atoms with Crippen LogP contribution in [0.15, 0.2) is 30.3 Å². The maximum atomic E-state index is 10.8. The van der Waals surface area contributed by atoms with E-state index in [9.17, 15) is 8.42 Å². The second-order valence-corrected chi connectivity index (χ2v) is 5.45. The Balaban J connectivity index is 0.000000982. The Kier molecular flexibility index (Phi) is 9.03. The topological polar surface area (TPSA) is 69.7 Å². The number of rotatable bonds is 6. The molecule has 19 heavy (non-hydrogen) atoms. The Morgan fingerprint density at radius 3 is 2.26 bits per heavy atom. The lowest BCUT2D eigenvalue weighted by molar-refractivity contribution is -0.106. The molecule has 108 valence electrons. The Morgan fingerprint density at radius 1 is 1.26 bits per heavy atom. The molecule has 1 atom stereocenters. The molecule has 0 spiro atoms. The molecule has 0 saturated heterocycles. The molecule has 1 rings (SSSR count). The number of aldehydes is 1. The molecule has 1 aromatic rings. The summed E-state index contributed by atoms with van der Waals surface area (Å²) in [6, 6.07) is 9.67. The number of carbonyl (C=O) groups excluding carboxylic acids is 1. The predicted molar refractivity (Wildman–Crippen MR) is 73.2 cm³/mol. The van der Waals surface area contributed by atoms with E-state index in [1.807, 2.05) is 30.3 Å². The van der Waals surface area contributed by atoms with Gasteiger partial charge in [0.25, 0.3) is 10.1 Å². The van der Waals surface area contributed by atoms with Crippen molar-refractivity contribution in [2.75, 3.05) is 12.9 Å². The van der Waals surface area contributed by atoms with Gasteiger partial charge in [0.2, 0.25) is 0 Å². The third kappa shape index (κ3) is 11.6. The maximum absolute atomic E-state index is 10.8. The van der Waals surface area contributed by atoms with Gasteiger partial charge in [-0.05, 0) is 19.4 Å². The van der Waals surface area contributed by atoms with Gasteiger partial charge in [-0.1, -0.05) is 30.3 Å². The number of hydrogen-bond donors (Lipinski definition) is 0. The number of carbonyl (C=O) groups is 1. The third-order valence-corrected chi connectivity index (χ3v) is 2.48. The standard InChI is InChI=1S/C11H16O4S.C2H4O/c1-10(15-16(2,12)13)8-14-9-11-6-4-3-5-7-11;1-2-3/h3-7,10H,8-9H2,1-2H3;2H,1H3. The summed E-state index contributed by atoms with van der Waals surface area (Å²) in [6.07, 6.45) is 1.32. The lowest BCUT2D eigenvalue weighted by atomic mass is 10.2. The predicted octanol–water partition coefficient (Wildman–Crippen LogP) is 1.77. The minimum atomic E-state index is -3.40. The first kappa shape index (κ1) is 17.8. The molecular weight excluding hydrogens is 268 g/mol. The quantitative estimate of drug-likeness (QED) is 0.589. The minimum Gasteiger partial charge on any atom is -0.374 e. The summed E-state index contributed by atoms with van der Waals surface area (Å²) >= 11 is 0. The second-order valence-electron chi connectivity index (χ2n) is 3.85. The Bertz CT molecular complexity index is 441. The van der Waals surface area contributed by atoms with Crippen molar-refractivity contribution in [1.29, 1.82) is 0 Å². The van der Waals surface area contributed by atoms with E-state index in [0.29, 0.717) is 6.61 Å². The molecule has 0 radical (unpaired) electrons. The van der Waals surface area contributed by atoms with Crippen molar-refractivity contribution >= 4 is 16.4 Å². The highest BCUT2D eigenvalue weighted by molar-refractivity contribution is 7.86. The van der Waals surface area contributed by atoms with Crippen LogP contribution in [-0.2, 0) is 30.4 Å². The highest BCUT2D eigenvalue weighted by Crippen LogP contribution is 2.03. The van der Waals surface area contributed by atoms with Crippen molar-refractivity contribution in [3.8, 4) is 0 Å². The lowest BCUT2D eigenvalue weighted by Crippen LogP contribution is -2.19. The molecule has 0 saturated carbocycles. The van der Waals surface area contributed by atoms with Crippen LogP contribution in [0.3, 0.4) is 0 Å². The van der Waals surface area contributed by atoms with Crippen LogP contribution in [0.2, 0.25) is 0 Å². The molecule has 0 heterocycles. The van der Waals surface area contributed by atoms with Gasteiger partial charge in [-0.2, -0.15) is 8.42 Å². The molecule has 0 fully saturated rings. The van der Waals surface area contributed by atoms with Crippen LogP contribution in [0, 0.1) is 0 Å². The largest absolute Gasteiger partial charge is 0.374 e. The van der Waals surface area contributed by atoms with Gasteiger partial charge < -0.3 is 9.53 Å². The fraction of sp³-hybridized carbons (Fsp3) is 0.462. The van der Waals surface area contributed by atoms with Crippen LogP contribution < -0.4 is 0 Å². The maximum Gasteiger partial charge on any atom is 0.264 e. The number of hydrogen-bond acceptors (Lipinski definition) is 5. The molecule has 0 aliphatic rings. The average Bonchev–Trinajstić information content (AvgIpc) is 2.29. The van der Waals surface area contributed by atoms with Crippen molar-refractivity contribution in [2.45, 2.75) is 26.6 Å². The van der Waals surface area contributed by atoms with Gasteiger partial charge in [-0.25, -0.2) is 0 Å². The summed E-state index contributed by atoms with van der Waals surface area (Å²) in [5.41, 5.74) is 1.05. The first-order valence-corrected chi connectivity index (χ1v) is 7.60. The second kappa shape index (κ2) is 9.66. The molecule has 6 heteroatoms. The highest BCUT2D eigenvalue weighted by atomic mass is 32.2. The van der Waals surface area contributed by atoms with E-state index in [4.69, 9.17) is 13.7 Å². The minimum absolute atomic E-state index is 0.252. The van der Waals surface area contributed by atoms with E-state index >= 15 is 0 Å². The van der Waals surface area contributed by atoms with Gasteiger partial charge in [0.15, 0.2) is 0 Å². The van der Waals surface area contributed by atoms with Crippen molar-refractivity contribution in [1.82, 2.24) is 0 Å². The Morgan fingerprint density at radius 2 is 1.79 bits per heavy atom. The molecule has 1 unspecified atom stereocenters. The first-order valence-electron chi connectivity index (χ1n) is 5.78. The van der Waals surface area contributed by atoms with E-state index in [1.54, 1.807) is 6.92 Å². The summed E-state index contributed by atoms with van der Waals surface area (Å²) in [7, 11) is -3.40. The monoisotopic (exact) mass is 288 g/mol. The number of benzene rings is 1. The summed E-state index contributed by atoms with van der Waals surface area (Å²) in [5.74, 6) is 0. The normalized spacial score (nSPS) is 12.2. The smallest absolute Gasteiger partial charge is 0.264 e. The molecule has 0 aliphatic carbocycles. The molecule has 0 N–H and O–H groups in total. The summed E-state index contributed by atoms with van der Waals surface area (Å²) in [4.78, 5) is 8.81. The fourth-order valence-electron chi connectivity index (χ4n) is 1.24. The zero-order chi connectivity index (χ0) is 14.7. The molecule has 0 aromatic heterocycles. The SMILES string of the molecule is CC(COCc1ccccc1)OS(C)(=O)=O.CC=O. The molecular formula is C13H20O5S. The third-order valence-electron chi connectivity index (χ3n) is 1.80. The van der Waals surface area contributed by atoms with E-state index in [-0.39, 0.29) is 6.61 Å². The van der Waals surface area contributed by atoms with Crippen LogP contribution in [0.5, 0.6) is 0 Å². The summed E-state index contributed by atoms with van der Waals surface area (Å²) in [5, 5.41) is 0. The van der Waals surface area contributed by atoms with Crippen LogP contribution in [0.25, 0.3) is 0 Å². The van der Waals surface area contributed by atoms with Crippen LogP contribution >= 0.6 is 0 Å². The average molecular weight is 288 g/mol. The van der Waals surface area contributed by atoms with Gasteiger partial charge in [-0.15, -0.1) is 0 Å². The van der Waals surface area contributed by atoms with Crippen molar-refractivity contribution in [2.24, 2.45) is 0 Å². The van der Waals surface area contributed by atoms with Crippen molar-refractivity contribution in [3.05, 3.63) is 35.9 Å². The van der Waals surface area contributed by atoms with Crippen molar-refractivity contribution < 1.29 is 22.1 Å². The van der Waals surface area contributed by atoms with E-state index in [0.717, 1.165) is 18.1 Å². The van der Waals surface area contributed by atoms with Crippen LogP contribution in [0.4, 0.5) is 0 Å². The Labute approximate surface area is 114 Å². The van der Waals surface area contributed by atoms with Crippen LogP contribution in [0.1, 0.15) is 19.4 Å². The van der Waals surface area contributed by atoms with Gasteiger partial charge in [0.05, 0.1) is 25.6 Å². The highest BCUT2D eigenvalue weighted by Gasteiger charge is 2.09. The van der Waals surface area contributed by atoms with E-state index in [1.165, 1.54) is 6.92 Å². The fourth-order valence-corrected chi connectivity index (χ4v) is 1.90. The molecule has 0 aliphatic heterocycles. The van der Waals surface area contributed by atoms with Gasteiger partial charge in [0, 0.05) is 0 Å². The van der Waals surface area contributed by atoms with Gasteiger partial charge in [0.1, 0.15) is 6.29 Å². The summed E-state index contributed by atoms with van der Waals surface area (Å²) in [6.45, 7) is 3.81. The van der Waals surface area contributed by atoms with Gasteiger partial charge in [-0.3, -0.25) is 4.18 Å². The molecule has 1 aromatic carbocycles. The van der Waals surface area contributed by atoms with Crippen molar-refractivity contribution in [3.63, 3.8) is 0 Å². The Hall–Kier alpha value is -1.24. The van der Waals surface area contributed by atoms with E-state index < -0.39 is 16.2 Å². The molecule has 5 nitrogen and oxygen atoms in total. The van der Waals surface area contributed by atoms with Gasteiger partial charge >= 0.3 is 0 Å². The van der Waals surface area contributed by atoms with E-state index in [2.05, 4.69) is 0 Å². The molecule has 0 amide bonds. The summed E-state index contributed by atoms with van der Waals surface area (Å²) < 4.78 is 31.7. The lowest BCUT2D eigenvalue weighted by Gasteiger charge is -2.11. The zero-order valence-corrected chi connectivity index (χ0v) is 12.2. The van der Waals surface area contributed by atoms with Crippen LogP contribution in [-0.4, -0.2) is 33.7 Å². The zero-order valence-electron chi connectivity index (χ0n) is 11.4. The number of ether oxygens (including phenoxy) is 1.